The second kappa shape index (κ2) is 5.78. The third-order valence-corrected chi connectivity index (χ3v) is 4.96. The van der Waals surface area contributed by atoms with Gasteiger partial charge >= 0.3 is 0 Å². The second-order valence-corrected chi connectivity index (χ2v) is 6.82. The summed E-state index contributed by atoms with van der Waals surface area (Å²) in [5.41, 5.74) is 6.93. The minimum Gasteiger partial charge on any atom is -0.495 e. The number of anilines is 1. The maximum absolute atomic E-state index is 12.2. The number of thiazole rings is 1. The molecule has 2 aromatic rings. The van der Waals surface area contributed by atoms with Crippen molar-refractivity contribution in [3.05, 3.63) is 34.3 Å². The van der Waals surface area contributed by atoms with Crippen molar-refractivity contribution in [3.8, 4) is 5.75 Å². The summed E-state index contributed by atoms with van der Waals surface area (Å²) in [7, 11) is -2.18. The van der Waals surface area contributed by atoms with Gasteiger partial charge in [0.05, 0.1) is 24.2 Å². The maximum Gasteiger partial charge on any atom is 0.241 e. The van der Waals surface area contributed by atoms with Crippen LogP contribution in [0.25, 0.3) is 0 Å². The van der Waals surface area contributed by atoms with E-state index >= 15 is 0 Å². The van der Waals surface area contributed by atoms with Gasteiger partial charge in [0.25, 0.3) is 0 Å². The van der Waals surface area contributed by atoms with E-state index in [4.69, 9.17) is 10.5 Å². The fraction of sp³-hybridized carbons (Fsp3) is 0.250. The molecule has 0 saturated carbocycles. The summed E-state index contributed by atoms with van der Waals surface area (Å²) in [5.74, 6) is 0.331. The molecule has 6 nitrogen and oxygen atoms in total. The number of aromatic nitrogens is 1. The Balaban J connectivity index is 2.17. The molecule has 0 aliphatic carbocycles. The van der Waals surface area contributed by atoms with Crippen LogP contribution in [0.15, 0.2) is 28.5 Å². The van der Waals surface area contributed by atoms with Crippen LogP contribution in [0.4, 0.5) is 5.69 Å². The van der Waals surface area contributed by atoms with E-state index < -0.39 is 10.0 Å². The van der Waals surface area contributed by atoms with Crippen molar-refractivity contribution in [1.29, 1.82) is 0 Å². The van der Waals surface area contributed by atoms with Crippen LogP contribution in [0.3, 0.4) is 0 Å². The molecule has 0 aliphatic heterocycles. The zero-order valence-corrected chi connectivity index (χ0v) is 12.7. The number of aryl methyl sites for hydroxylation is 1. The van der Waals surface area contributed by atoms with E-state index in [1.807, 2.05) is 12.3 Å². The number of hydrogen-bond donors (Lipinski definition) is 2. The SMILES string of the molecule is COc1cc(S(=O)(=O)NCc2nc(C)cs2)ccc1N. The fourth-order valence-electron chi connectivity index (χ4n) is 1.58. The number of sulfonamides is 1. The van der Waals surface area contributed by atoms with Gasteiger partial charge in [-0.2, -0.15) is 0 Å². The number of methoxy groups -OCH3 is 1. The number of nitrogens with one attached hydrogen (secondary N) is 1. The van der Waals surface area contributed by atoms with Gasteiger partial charge in [-0.1, -0.05) is 0 Å². The molecular formula is C12H15N3O3S2. The van der Waals surface area contributed by atoms with Gasteiger partial charge in [-0.3, -0.25) is 0 Å². The van der Waals surface area contributed by atoms with Crippen molar-refractivity contribution in [2.45, 2.75) is 18.4 Å². The zero-order valence-electron chi connectivity index (χ0n) is 11.1. The number of ether oxygens (including phenoxy) is 1. The first kappa shape index (κ1) is 14.8. The third kappa shape index (κ3) is 3.27. The average molecular weight is 313 g/mol. The number of benzene rings is 1. The van der Waals surface area contributed by atoms with Crippen LogP contribution in [0.1, 0.15) is 10.7 Å². The predicted molar refractivity (Wildman–Crippen MR) is 78.3 cm³/mol. The van der Waals surface area contributed by atoms with Crippen molar-refractivity contribution in [2.75, 3.05) is 12.8 Å². The van der Waals surface area contributed by atoms with Crippen LogP contribution in [-0.4, -0.2) is 20.5 Å². The van der Waals surface area contributed by atoms with Gasteiger partial charge in [0.15, 0.2) is 0 Å². The van der Waals surface area contributed by atoms with Crippen molar-refractivity contribution < 1.29 is 13.2 Å². The van der Waals surface area contributed by atoms with Gasteiger partial charge in [-0.05, 0) is 19.1 Å². The topological polar surface area (TPSA) is 94.3 Å². The van der Waals surface area contributed by atoms with Crippen LogP contribution in [-0.2, 0) is 16.6 Å². The Hall–Kier alpha value is -1.64. The molecule has 0 amide bonds. The lowest BCUT2D eigenvalue weighted by Gasteiger charge is -2.09. The molecule has 0 bridgehead atoms. The molecule has 1 aromatic heterocycles. The van der Waals surface area contributed by atoms with Crippen LogP contribution < -0.4 is 15.2 Å². The van der Waals surface area contributed by atoms with E-state index in [0.717, 1.165) is 5.69 Å². The predicted octanol–water partition coefficient (Wildman–Crippen LogP) is 1.52. The van der Waals surface area contributed by atoms with Gasteiger partial charge in [0, 0.05) is 17.1 Å². The van der Waals surface area contributed by atoms with Crippen LogP contribution in [0, 0.1) is 6.92 Å². The Labute approximate surface area is 121 Å². The Morgan fingerprint density at radius 2 is 2.20 bits per heavy atom. The molecular weight excluding hydrogens is 298 g/mol. The van der Waals surface area contributed by atoms with Crippen molar-refractivity contribution in [2.24, 2.45) is 0 Å². The monoisotopic (exact) mass is 313 g/mol. The smallest absolute Gasteiger partial charge is 0.241 e. The van der Waals surface area contributed by atoms with Crippen LogP contribution >= 0.6 is 11.3 Å². The second-order valence-electron chi connectivity index (χ2n) is 4.11. The first-order chi connectivity index (χ1) is 9.42. The van der Waals surface area contributed by atoms with Gasteiger partial charge in [0.2, 0.25) is 10.0 Å². The Morgan fingerprint density at radius 1 is 1.45 bits per heavy atom. The van der Waals surface area contributed by atoms with Gasteiger partial charge in [-0.15, -0.1) is 11.3 Å². The molecule has 0 atom stereocenters. The van der Waals surface area contributed by atoms with E-state index in [9.17, 15) is 8.42 Å². The molecule has 0 unspecified atom stereocenters. The Kier molecular flexibility index (Phi) is 4.26. The molecule has 0 fully saturated rings. The standard InChI is InChI=1S/C12H15N3O3S2/c1-8-7-19-12(15-8)6-14-20(16,17)9-3-4-10(13)11(5-9)18-2/h3-5,7,14H,6,13H2,1-2H3. The van der Waals surface area contributed by atoms with Crippen molar-refractivity contribution in [3.63, 3.8) is 0 Å². The number of hydrogen-bond acceptors (Lipinski definition) is 6. The summed E-state index contributed by atoms with van der Waals surface area (Å²) >= 11 is 1.41. The van der Waals surface area contributed by atoms with E-state index in [1.54, 1.807) is 0 Å². The minimum absolute atomic E-state index is 0.108. The molecule has 1 heterocycles. The van der Waals surface area contributed by atoms with E-state index in [0.29, 0.717) is 16.4 Å². The summed E-state index contributed by atoms with van der Waals surface area (Å²) in [5, 5.41) is 2.59. The van der Waals surface area contributed by atoms with Gasteiger partial charge in [-0.25, -0.2) is 18.1 Å². The van der Waals surface area contributed by atoms with Gasteiger partial charge in [0.1, 0.15) is 10.8 Å². The number of nitrogen functional groups attached to an aromatic ring is 1. The normalized spacial score (nSPS) is 11.5. The van der Waals surface area contributed by atoms with Crippen molar-refractivity contribution in [1.82, 2.24) is 9.71 Å². The Morgan fingerprint density at radius 3 is 2.80 bits per heavy atom. The first-order valence-corrected chi connectivity index (χ1v) is 8.13. The molecule has 0 radical (unpaired) electrons. The molecule has 2 rings (SSSR count). The maximum atomic E-state index is 12.2. The minimum atomic E-state index is -3.62. The molecule has 3 N–H and O–H groups in total. The number of rotatable bonds is 5. The fourth-order valence-corrected chi connectivity index (χ4v) is 3.39. The molecule has 1 aromatic carbocycles. The lowest BCUT2D eigenvalue weighted by atomic mass is 10.3. The molecule has 108 valence electrons. The van der Waals surface area contributed by atoms with E-state index in [2.05, 4.69) is 9.71 Å². The summed E-state index contributed by atoms with van der Waals surface area (Å²) in [6.45, 7) is 2.02. The molecule has 20 heavy (non-hydrogen) atoms. The van der Waals surface area contributed by atoms with Crippen LogP contribution in [0.5, 0.6) is 5.75 Å². The summed E-state index contributed by atoms with van der Waals surface area (Å²) < 4.78 is 31.8. The molecule has 0 aliphatic rings. The lowest BCUT2D eigenvalue weighted by molar-refractivity contribution is 0.415. The first-order valence-electron chi connectivity index (χ1n) is 5.76. The third-order valence-electron chi connectivity index (χ3n) is 2.60. The lowest BCUT2D eigenvalue weighted by Crippen LogP contribution is -2.23. The average Bonchev–Trinajstić information content (AvgIpc) is 2.83. The highest BCUT2D eigenvalue weighted by Crippen LogP contribution is 2.24. The zero-order chi connectivity index (χ0) is 14.8. The van der Waals surface area contributed by atoms with Gasteiger partial charge < -0.3 is 10.5 Å². The largest absolute Gasteiger partial charge is 0.495 e. The molecule has 0 spiro atoms. The quantitative estimate of drug-likeness (QED) is 0.816. The number of nitrogens with two attached hydrogens (primary N) is 1. The summed E-state index contributed by atoms with van der Waals surface area (Å²) in [6.07, 6.45) is 0. The summed E-state index contributed by atoms with van der Waals surface area (Å²) in [6, 6.07) is 4.33. The summed E-state index contributed by atoms with van der Waals surface area (Å²) in [4.78, 5) is 4.31. The number of nitrogens with zero attached hydrogens (tertiary/aromatic N) is 1. The van der Waals surface area contributed by atoms with Crippen molar-refractivity contribution >= 4 is 27.0 Å². The molecule has 0 saturated heterocycles. The highest BCUT2D eigenvalue weighted by atomic mass is 32.2. The highest BCUT2D eigenvalue weighted by molar-refractivity contribution is 7.89. The van der Waals surface area contributed by atoms with E-state index in [1.165, 1.54) is 36.6 Å². The van der Waals surface area contributed by atoms with E-state index in [-0.39, 0.29) is 11.4 Å². The van der Waals surface area contributed by atoms with Crippen LogP contribution in [0.2, 0.25) is 0 Å². The Bertz CT molecular complexity index is 710. The molecule has 8 heteroatoms. The highest BCUT2D eigenvalue weighted by Gasteiger charge is 2.16.